The molecule has 5 atom stereocenters. The number of carbonyl (C=O) groups is 3. The molecular weight excluding hydrogens is 756 g/mol. The Balaban J connectivity index is 1.11. The van der Waals surface area contributed by atoms with Crippen molar-refractivity contribution in [3.05, 3.63) is 119 Å². The van der Waals surface area contributed by atoms with E-state index in [9.17, 15) is 14.7 Å². The number of aliphatic hydroxyl groups is 1. The van der Waals surface area contributed by atoms with Gasteiger partial charge in [-0.25, -0.2) is 0 Å². The maximum Gasteiger partial charge on any atom is 0.264 e. The lowest BCUT2D eigenvalue weighted by Crippen LogP contribution is -2.52. The van der Waals surface area contributed by atoms with Crippen molar-refractivity contribution in [2.24, 2.45) is 5.92 Å². The molecular formula is C45H49ClN4O6Si. The van der Waals surface area contributed by atoms with Gasteiger partial charge in [0.25, 0.3) is 5.91 Å². The number of H-pyrrole nitrogens is 1. The van der Waals surface area contributed by atoms with Gasteiger partial charge in [-0.15, -0.1) is 0 Å². The second-order valence-electron chi connectivity index (χ2n) is 16.3. The highest BCUT2D eigenvalue weighted by Crippen LogP contribution is 2.60. The summed E-state index contributed by atoms with van der Waals surface area (Å²) < 4.78 is 12.7. The lowest BCUT2D eigenvalue weighted by atomic mass is 9.82. The molecule has 4 heterocycles. The molecule has 3 aliphatic rings. The number of methoxy groups -OCH3 is 1. The van der Waals surface area contributed by atoms with E-state index in [-0.39, 0.29) is 61.2 Å². The van der Waals surface area contributed by atoms with Crippen LogP contribution in [0, 0.1) is 5.92 Å². The molecule has 1 spiro atoms. The fraction of sp³-hybridized carbons (Fsp3) is 0.356. The summed E-state index contributed by atoms with van der Waals surface area (Å²) in [6.07, 6.45) is 3.22. The number of halogens is 1. The van der Waals surface area contributed by atoms with Crippen LogP contribution in [0.5, 0.6) is 5.75 Å². The van der Waals surface area contributed by atoms with Crippen molar-refractivity contribution in [3.8, 4) is 5.75 Å². The summed E-state index contributed by atoms with van der Waals surface area (Å²) in [5.74, 6) is 0.0269. The van der Waals surface area contributed by atoms with E-state index in [4.69, 9.17) is 21.1 Å². The smallest absolute Gasteiger partial charge is 0.264 e. The maximum absolute atomic E-state index is 15.3. The zero-order chi connectivity index (χ0) is 40.1. The highest BCUT2D eigenvalue weighted by molar-refractivity contribution is 6.91. The zero-order valence-corrected chi connectivity index (χ0v) is 34.5. The summed E-state index contributed by atoms with van der Waals surface area (Å²) in [5.41, 5.74) is 3.24. The first-order chi connectivity index (χ1) is 27.4. The lowest BCUT2D eigenvalue weighted by molar-refractivity contribution is -0.150. The molecule has 296 valence electrons. The summed E-state index contributed by atoms with van der Waals surface area (Å²) >= 11 is 6.71. The largest absolute Gasteiger partial charge is 0.497 e. The number of carbonyl (C=O) groups excluding carboxylic acids is 3. The van der Waals surface area contributed by atoms with Gasteiger partial charge in [-0.3, -0.25) is 14.4 Å². The molecule has 2 saturated heterocycles. The first-order valence-electron chi connectivity index (χ1n) is 19.7. The highest BCUT2D eigenvalue weighted by atomic mass is 35.5. The number of aromatic amines is 1. The van der Waals surface area contributed by atoms with E-state index in [1.807, 2.05) is 79.0 Å². The van der Waals surface area contributed by atoms with Gasteiger partial charge in [-0.1, -0.05) is 79.3 Å². The Kier molecular flexibility index (Phi) is 10.5. The third-order valence-corrected chi connectivity index (χ3v) is 17.3. The normalized spacial score (nSPS) is 23.1. The molecule has 12 heteroatoms. The van der Waals surface area contributed by atoms with Gasteiger partial charge < -0.3 is 34.7 Å². The minimum absolute atomic E-state index is 0.0671. The number of amides is 3. The topological polar surface area (TPSA) is 124 Å². The lowest BCUT2D eigenvalue weighted by Gasteiger charge is -2.37. The Morgan fingerprint density at radius 2 is 1.84 bits per heavy atom. The first kappa shape index (κ1) is 38.9. The average molecular weight is 805 g/mol. The molecule has 0 radical (unpaired) electrons. The molecule has 10 nitrogen and oxygen atoms in total. The van der Waals surface area contributed by atoms with Crippen LogP contribution in [0.4, 0.5) is 11.4 Å². The van der Waals surface area contributed by atoms with Crippen LogP contribution in [-0.4, -0.2) is 73.2 Å². The van der Waals surface area contributed by atoms with Gasteiger partial charge >= 0.3 is 0 Å². The van der Waals surface area contributed by atoms with E-state index in [1.54, 1.807) is 23.0 Å². The molecule has 3 N–H and O–H groups in total. The van der Waals surface area contributed by atoms with E-state index < -0.39 is 19.8 Å². The number of para-hydroxylation sites is 1. The van der Waals surface area contributed by atoms with Crippen molar-refractivity contribution in [1.82, 2.24) is 9.88 Å². The van der Waals surface area contributed by atoms with Crippen LogP contribution in [0.1, 0.15) is 42.9 Å². The monoisotopic (exact) mass is 804 g/mol. The summed E-state index contributed by atoms with van der Waals surface area (Å²) in [4.78, 5) is 49.4. The first-order valence-corrected chi connectivity index (χ1v) is 23.2. The summed E-state index contributed by atoms with van der Waals surface area (Å²) in [5, 5.41) is 15.8. The zero-order valence-electron chi connectivity index (χ0n) is 32.8. The van der Waals surface area contributed by atoms with E-state index in [0.717, 1.165) is 40.6 Å². The van der Waals surface area contributed by atoms with Gasteiger partial charge in [-0.05, 0) is 78.0 Å². The number of ether oxygens (including phenoxy) is 2. The van der Waals surface area contributed by atoms with E-state index in [2.05, 4.69) is 42.5 Å². The summed E-state index contributed by atoms with van der Waals surface area (Å²) in [7, 11) is -0.857. The third kappa shape index (κ3) is 6.94. The predicted molar refractivity (Wildman–Crippen MR) is 226 cm³/mol. The van der Waals surface area contributed by atoms with Gasteiger partial charge in [0.1, 0.15) is 5.75 Å². The van der Waals surface area contributed by atoms with E-state index >= 15 is 4.79 Å². The second kappa shape index (κ2) is 15.4. The SMILES string of the molecule is COc1ccc([Si](C)(C)[C@@H]2[C@@H](CC(=O)N3CCC[C@H]3CO)O[C@]3(C(=O)N(Cc4cccc(NC(=O)Cc5c[nH]c6ccccc56)c4)c4ccc(Cl)cc43)[C@H]2C)cc1. The average Bonchev–Trinajstić information content (AvgIpc) is 3.97. The van der Waals surface area contributed by atoms with Crippen molar-refractivity contribution in [2.75, 3.05) is 30.5 Å². The minimum atomic E-state index is -2.50. The van der Waals surface area contributed by atoms with Crippen LogP contribution in [0.25, 0.3) is 10.9 Å². The molecule has 1 aromatic heterocycles. The minimum Gasteiger partial charge on any atom is -0.497 e. The Morgan fingerprint density at radius 1 is 1.05 bits per heavy atom. The molecule has 3 aliphatic heterocycles. The van der Waals surface area contributed by atoms with Crippen molar-refractivity contribution in [3.63, 3.8) is 0 Å². The quantitative estimate of drug-likeness (QED) is 0.122. The highest BCUT2D eigenvalue weighted by Gasteiger charge is 2.66. The third-order valence-electron chi connectivity index (χ3n) is 12.7. The fourth-order valence-corrected chi connectivity index (χ4v) is 14.1. The number of hydrogen-bond acceptors (Lipinski definition) is 6. The van der Waals surface area contributed by atoms with Crippen LogP contribution in [0.3, 0.4) is 0 Å². The van der Waals surface area contributed by atoms with Gasteiger partial charge in [0, 0.05) is 45.8 Å². The number of nitrogens with zero attached hydrogens (tertiary/aromatic N) is 2. The molecule has 0 bridgehead atoms. The Bertz CT molecular complexity index is 2330. The van der Waals surface area contributed by atoms with Gasteiger partial charge in [0.15, 0.2) is 5.60 Å². The van der Waals surface area contributed by atoms with Crippen molar-refractivity contribution < 1.29 is 29.0 Å². The number of likely N-dealkylation sites (tertiary alicyclic amines) is 1. The number of aliphatic hydroxyl groups excluding tert-OH is 1. The van der Waals surface area contributed by atoms with Crippen molar-refractivity contribution >= 4 is 64.9 Å². The molecule has 2 fully saturated rings. The van der Waals surface area contributed by atoms with E-state index in [0.29, 0.717) is 28.5 Å². The van der Waals surface area contributed by atoms with Crippen LogP contribution in [0.2, 0.25) is 23.7 Å². The molecule has 0 aliphatic carbocycles. The van der Waals surface area contributed by atoms with Crippen LogP contribution in [0.15, 0.2) is 97.2 Å². The Hall–Kier alpha value is -4.94. The van der Waals surface area contributed by atoms with Gasteiger partial charge in [0.2, 0.25) is 11.8 Å². The van der Waals surface area contributed by atoms with Crippen LogP contribution < -0.4 is 20.1 Å². The number of fused-ring (bicyclic) bond motifs is 3. The van der Waals surface area contributed by atoms with Crippen LogP contribution >= 0.6 is 11.6 Å². The number of benzene rings is 4. The van der Waals surface area contributed by atoms with Gasteiger partial charge in [0.05, 0.1) is 59.0 Å². The second-order valence-corrected chi connectivity index (χ2v) is 21.4. The van der Waals surface area contributed by atoms with E-state index in [1.165, 1.54) is 5.19 Å². The molecule has 57 heavy (non-hydrogen) atoms. The standard InChI is InChI=1S/C45H49ClN4O6Si/c1-28-43(57(3,4)35-17-15-34(55-2)16-18-35)40(24-42(53)49-20-8-11-33(49)27-51)56-45(28)37-23-31(46)14-19-39(37)50(44(45)54)26-29-9-7-10-32(21-29)48-41(52)22-30-25-47-38-13-6-5-12-36(30)38/h5-7,9-10,12-19,21,23,25,28,33,40,43,47,51H,8,11,20,22,24,26-27H2,1-4H3,(H,48,52)/t28-,33-,40+,43-,45+/m0/s1. The maximum atomic E-state index is 15.3. The molecule has 5 aromatic rings. The Labute approximate surface area is 339 Å². The number of nitrogens with one attached hydrogen (secondary N) is 2. The number of hydrogen-bond donors (Lipinski definition) is 3. The number of rotatable bonds is 11. The predicted octanol–water partition coefficient (Wildman–Crippen LogP) is 7.15. The van der Waals surface area contributed by atoms with Crippen molar-refractivity contribution in [2.45, 2.75) is 75.5 Å². The summed E-state index contributed by atoms with van der Waals surface area (Å²) in [6, 6.07) is 28.9. The van der Waals surface area contributed by atoms with Gasteiger partial charge in [-0.2, -0.15) is 0 Å². The number of aromatic nitrogens is 1. The molecule has 0 unspecified atom stereocenters. The van der Waals surface area contributed by atoms with Crippen LogP contribution in [-0.2, 0) is 37.7 Å². The van der Waals surface area contributed by atoms with Crippen molar-refractivity contribution in [1.29, 1.82) is 0 Å². The molecule has 4 aromatic carbocycles. The molecule has 8 rings (SSSR count). The fourth-order valence-electron chi connectivity index (χ4n) is 9.87. The number of anilines is 2. The molecule has 3 amide bonds. The Morgan fingerprint density at radius 3 is 2.61 bits per heavy atom. The molecule has 0 saturated carbocycles. The summed E-state index contributed by atoms with van der Waals surface area (Å²) in [6.45, 7) is 7.41.